The first kappa shape index (κ1) is 16.5. The van der Waals surface area contributed by atoms with Crippen LogP contribution in [0.3, 0.4) is 0 Å². The van der Waals surface area contributed by atoms with E-state index in [2.05, 4.69) is 0 Å². The Balaban J connectivity index is -0.0000000400. The van der Waals surface area contributed by atoms with E-state index in [1.807, 2.05) is 0 Å². The molecule has 0 fully saturated rings. The third kappa shape index (κ3) is 60.4. The summed E-state index contributed by atoms with van der Waals surface area (Å²) in [5.41, 5.74) is 11.0. The summed E-state index contributed by atoms with van der Waals surface area (Å²) in [5.74, 6) is 0. The van der Waals surface area contributed by atoms with Gasteiger partial charge in [0, 0.05) is 0 Å². The van der Waals surface area contributed by atoms with Gasteiger partial charge in [-0.2, -0.15) is 0 Å². The summed E-state index contributed by atoms with van der Waals surface area (Å²) in [6.45, 7) is 0. The fourth-order valence-electron chi connectivity index (χ4n) is 0. The summed E-state index contributed by atoms with van der Waals surface area (Å²) < 4.78 is 0. The second kappa shape index (κ2) is 70.9. The van der Waals surface area contributed by atoms with Gasteiger partial charge in [-0.3, -0.25) is 0 Å². The van der Waals surface area contributed by atoms with E-state index in [4.69, 9.17) is 22.0 Å². The zero-order valence-electron chi connectivity index (χ0n) is 3.20. The average Bonchev–Trinajstić information content (AvgIpc) is 1.39. The van der Waals surface area contributed by atoms with Crippen molar-refractivity contribution in [3.05, 3.63) is 11.5 Å². The number of nitrogens with zero attached hydrogens (tertiary/aromatic N) is 2. The van der Waals surface area contributed by atoms with Crippen molar-refractivity contribution in [2.24, 2.45) is 0 Å². The maximum absolute atomic E-state index is 6.99. The van der Waals surface area contributed by atoms with E-state index in [1.54, 1.807) is 0 Å². The van der Waals surface area contributed by atoms with Crippen LogP contribution in [-0.4, -0.2) is 0 Å². The summed E-state index contributed by atoms with van der Waals surface area (Å²) in [6.07, 6.45) is 2.00. The molecule has 0 aromatic carbocycles. The van der Waals surface area contributed by atoms with Crippen LogP contribution in [0.1, 0.15) is 0 Å². The summed E-state index contributed by atoms with van der Waals surface area (Å²) in [6, 6.07) is 0. The van der Waals surface area contributed by atoms with Gasteiger partial charge < -0.3 is 22.0 Å². The molecule has 0 aromatic heterocycles. The van der Waals surface area contributed by atoms with Crippen molar-refractivity contribution in [3.8, 4) is 12.4 Å². The van der Waals surface area contributed by atoms with Crippen molar-refractivity contribution in [2.75, 3.05) is 0 Å². The molecule has 7 heavy (non-hydrogen) atoms. The summed E-state index contributed by atoms with van der Waals surface area (Å²) >= 11 is 0. The molecule has 0 atom stereocenters. The molecule has 0 amide bonds. The van der Waals surface area contributed by atoms with Crippen molar-refractivity contribution in [3.63, 3.8) is 0 Å². The standard InChI is InChI=1S/2CHN2.Cu/c2*2-1-3;/h2*2H;/q2*-1;+2. The van der Waals surface area contributed by atoms with Crippen molar-refractivity contribution < 1.29 is 17.1 Å². The van der Waals surface area contributed by atoms with Gasteiger partial charge in [-0.15, -0.1) is 0 Å². The molecule has 0 saturated carbocycles. The van der Waals surface area contributed by atoms with Gasteiger partial charge in [-0.05, 0) is 0 Å². The van der Waals surface area contributed by atoms with E-state index in [0.717, 1.165) is 12.4 Å². The summed E-state index contributed by atoms with van der Waals surface area (Å²) in [5, 5.41) is 14.0. The molecular weight excluding hydrogens is 144 g/mol. The van der Waals surface area contributed by atoms with Crippen LogP contribution in [0.5, 0.6) is 0 Å². The largest absolute Gasteiger partial charge is 2.00 e. The van der Waals surface area contributed by atoms with Gasteiger partial charge in [-0.25, -0.2) is 0 Å². The Kier molecular flexibility index (Phi) is 167. The molecule has 4 nitrogen and oxygen atoms in total. The molecule has 0 spiro atoms. The minimum Gasteiger partial charge on any atom is -0.494 e. The number of nitrogens with one attached hydrogen (secondary N) is 2. The third-order valence-corrected chi connectivity index (χ3v) is 0. The van der Waals surface area contributed by atoms with E-state index < -0.39 is 0 Å². The topological polar surface area (TPSA) is 95.2 Å². The van der Waals surface area contributed by atoms with Crippen LogP contribution in [0.15, 0.2) is 0 Å². The third-order valence-electron chi connectivity index (χ3n) is 0. The minimum absolute atomic E-state index is 0. The maximum atomic E-state index is 6.99. The van der Waals surface area contributed by atoms with E-state index in [9.17, 15) is 0 Å². The van der Waals surface area contributed by atoms with Gasteiger partial charge in [0.05, 0.1) is 0 Å². The first-order valence-electron chi connectivity index (χ1n) is 0.947. The quantitative estimate of drug-likeness (QED) is 0.376. The van der Waals surface area contributed by atoms with Crippen molar-refractivity contribution in [1.82, 2.24) is 0 Å². The summed E-state index contributed by atoms with van der Waals surface area (Å²) in [4.78, 5) is 0. The van der Waals surface area contributed by atoms with Crippen LogP contribution in [0.25, 0.3) is 11.5 Å². The van der Waals surface area contributed by atoms with Crippen molar-refractivity contribution in [2.45, 2.75) is 0 Å². The van der Waals surface area contributed by atoms with Gasteiger partial charge >= 0.3 is 17.1 Å². The Bertz CT molecular complexity index is 64.7. The average molecular weight is 146 g/mol. The molecule has 0 rings (SSSR count). The van der Waals surface area contributed by atoms with Crippen LogP contribution in [0.2, 0.25) is 0 Å². The van der Waals surface area contributed by atoms with Crippen LogP contribution < -0.4 is 0 Å². The molecule has 0 aliphatic carbocycles. The molecule has 0 aliphatic heterocycles. The van der Waals surface area contributed by atoms with Gasteiger partial charge in [0.15, 0.2) is 0 Å². The zero-order chi connectivity index (χ0) is 5.41. The fraction of sp³-hybridized carbons (Fsp3) is 0. The summed E-state index contributed by atoms with van der Waals surface area (Å²) in [7, 11) is 0. The van der Waals surface area contributed by atoms with Crippen LogP contribution in [0, 0.1) is 22.9 Å². The van der Waals surface area contributed by atoms with Gasteiger partial charge in [0.2, 0.25) is 0 Å². The Morgan fingerprint density at radius 1 is 1.00 bits per heavy atom. The number of hydrogen-bond acceptors (Lipinski definition) is 2. The molecule has 41 valence electrons. The Labute approximate surface area is 52.2 Å². The Hall–Kier alpha value is -0.901. The minimum atomic E-state index is 0. The van der Waals surface area contributed by atoms with Crippen LogP contribution in [-0.2, 0) is 17.1 Å². The van der Waals surface area contributed by atoms with Gasteiger partial charge in [0.25, 0.3) is 0 Å². The van der Waals surface area contributed by atoms with Crippen LogP contribution in [0.4, 0.5) is 0 Å². The van der Waals surface area contributed by atoms with E-state index in [-0.39, 0.29) is 17.1 Å². The van der Waals surface area contributed by atoms with Crippen molar-refractivity contribution >= 4 is 0 Å². The second-order valence-electron chi connectivity index (χ2n) is 0.224. The number of nitriles is 2. The molecule has 0 aliphatic rings. The maximum Gasteiger partial charge on any atom is 2.00 e. The first-order chi connectivity index (χ1) is 2.83. The predicted molar refractivity (Wildman–Crippen MR) is 19.9 cm³/mol. The molecule has 0 aromatic rings. The molecule has 2 N–H and O–H groups in total. The smallest absolute Gasteiger partial charge is 0.494 e. The molecule has 0 unspecified atom stereocenters. The van der Waals surface area contributed by atoms with Crippen molar-refractivity contribution in [1.29, 1.82) is 10.5 Å². The molecule has 0 saturated heterocycles. The normalized spacial score (nSPS) is 2.00. The van der Waals surface area contributed by atoms with E-state index in [1.165, 1.54) is 0 Å². The first-order valence-corrected chi connectivity index (χ1v) is 0.947. The Morgan fingerprint density at radius 2 is 1.00 bits per heavy atom. The second-order valence-corrected chi connectivity index (χ2v) is 0.224. The van der Waals surface area contributed by atoms with Gasteiger partial charge in [0.1, 0.15) is 0 Å². The SMILES string of the molecule is N#C[NH-].N#C[NH-].[Cu+2]. The van der Waals surface area contributed by atoms with E-state index >= 15 is 0 Å². The molecule has 0 bridgehead atoms. The van der Waals surface area contributed by atoms with E-state index in [0.29, 0.717) is 0 Å². The molecule has 1 radical (unpaired) electrons. The van der Waals surface area contributed by atoms with Crippen LogP contribution >= 0.6 is 0 Å². The zero-order valence-corrected chi connectivity index (χ0v) is 4.14. The monoisotopic (exact) mass is 145 g/mol. The molecular formula is C2H2CuN4. The number of hydrogen-bond donors (Lipinski definition) is 0. The Morgan fingerprint density at radius 3 is 1.00 bits per heavy atom. The predicted octanol–water partition coefficient (Wildman–Crippen LogP) is 1.04. The van der Waals surface area contributed by atoms with Gasteiger partial charge in [-0.1, -0.05) is 12.4 Å². The molecule has 0 heterocycles. The fourth-order valence-corrected chi connectivity index (χ4v) is 0. The number of rotatable bonds is 0. The molecule has 5 heteroatoms.